The Labute approximate surface area is 372 Å². The molecule has 0 saturated carbocycles. The number of aromatic amines is 2. The van der Waals surface area contributed by atoms with Gasteiger partial charge in [0.1, 0.15) is 36.1 Å². The molecule has 16 nitrogen and oxygen atoms in total. The van der Waals surface area contributed by atoms with Crippen molar-refractivity contribution >= 4 is 45.8 Å². The predicted molar refractivity (Wildman–Crippen MR) is 239 cm³/mol. The molecular weight excluding hydrogens is 817 g/mol. The number of benzene rings is 3. The van der Waals surface area contributed by atoms with Gasteiger partial charge in [-0.15, -0.1) is 0 Å². The average molecular weight is 875 g/mol. The smallest absolute Gasteiger partial charge is 0.407 e. The molecule has 4 aliphatic heterocycles. The summed E-state index contributed by atoms with van der Waals surface area (Å²) in [7, 11) is 2.61. The molecule has 4 aliphatic rings. The number of hydrogen-bond acceptors (Lipinski definition) is 10. The number of fused-ring (bicyclic) bond motifs is 6. The molecule has 16 heteroatoms. The first-order chi connectivity index (χ1) is 31.0. The molecule has 5 aromatic rings. The van der Waals surface area contributed by atoms with Gasteiger partial charge in [0.25, 0.3) is 0 Å². The second kappa shape index (κ2) is 17.8. The number of carbonyl (C=O) groups is 4. The first-order valence-electron chi connectivity index (χ1n) is 22.6. The minimum Gasteiger partial charge on any atom is -0.488 e. The number of nitrogens with zero attached hydrogens (tertiary/aromatic N) is 4. The van der Waals surface area contributed by atoms with Crippen LogP contribution in [-0.4, -0.2) is 106 Å². The monoisotopic (exact) mass is 874 g/mol. The second-order valence-electron chi connectivity index (χ2n) is 18.1. The van der Waals surface area contributed by atoms with Crippen LogP contribution in [0.25, 0.3) is 44.2 Å². The van der Waals surface area contributed by atoms with Gasteiger partial charge < -0.3 is 49.3 Å². The van der Waals surface area contributed by atoms with Gasteiger partial charge in [-0.05, 0) is 103 Å². The van der Waals surface area contributed by atoms with E-state index in [4.69, 9.17) is 28.9 Å². The lowest BCUT2D eigenvalue weighted by atomic mass is 9.90. The molecule has 9 rings (SSSR count). The maximum atomic E-state index is 14.4. The quantitative estimate of drug-likeness (QED) is 0.109. The minimum atomic E-state index is -0.720. The highest BCUT2D eigenvalue weighted by Crippen LogP contribution is 2.44. The molecule has 338 valence electrons. The molecule has 3 fully saturated rings. The Bertz CT molecular complexity index is 2580. The van der Waals surface area contributed by atoms with Crippen LogP contribution in [0.1, 0.15) is 95.5 Å². The van der Waals surface area contributed by atoms with Gasteiger partial charge in [0.15, 0.2) is 0 Å². The van der Waals surface area contributed by atoms with Crippen LogP contribution in [0.2, 0.25) is 0 Å². The van der Waals surface area contributed by atoms with E-state index in [9.17, 15) is 19.2 Å². The molecule has 3 saturated heterocycles. The van der Waals surface area contributed by atoms with Crippen LogP contribution in [0.4, 0.5) is 9.59 Å². The van der Waals surface area contributed by atoms with E-state index < -0.39 is 24.3 Å². The zero-order valence-electron chi connectivity index (χ0n) is 37.4. The van der Waals surface area contributed by atoms with Crippen molar-refractivity contribution in [3.05, 3.63) is 65.9 Å². The summed E-state index contributed by atoms with van der Waals surface area (Å²) < 4.78 is 21.8. The number of carbonyl (C=O) groups excluding carboxylic acids is 4. The Morgan fingerprint density at radius 1 is 0.891 bits per heavy atom. The fourth-order valence-electron chi connectivity index (χ4n) is 10.3. The third kappa shape index (κ3) is 8.01. The summed E-state index contributed by atoms with van der Waals surface area (Å²) in [5.74, 6) is 2.05. The van der Waals surface area contributed by atoms with Gasteiger partial charge in [-0.2, -0.15) is 0 Å². The molecule has 6 atom stereocenters. The molecule has 4 N–H and O–H groups in total. The average Bonchev–Trinajstić information content (AvgIpc) is 4.14. The van der Waals surface area contributed by atoms with Crippen molar-refractivity contribution in [2.45, 2.75) is 103 Å². The third-order valence-corrected chi connectivity index (χ3v) is 13.9. The number of H-pyrrole nitrogens is 2. The molecular formula is C48H58N8O8. The van der Waals surface area contributed by atoms with Gasteiger partial charge in [0, 0.05) is 36.8 Å². The van der Waals surface area contributed by atoms with E-state index in [1.807, 2.05) is 42.8 Å². The van der Waals surface area contributed by atoms with E-state index in [2.05, 4.69) is 63.9 Å². The van der Waals surface area contributed by atoms with E-state index in [0.717, 1.165) is 87.0 Å². The van der Waals surface area contributed by atoms with Crippen LogP contribution in [0.15, 0.2) is 48.7 Å². The standard InChI is InChI=1S/C48H58N8O8/c1-7-27-18-38(55(23-27)45(57)41(54-48(60)62-6)28-14-16-63-17-15-28)44-50-35-12-10-29-20-34-32-11-9-30(19-31(32)24-64-39(34)21-33(29)42(35)52-44)36-22-49-43(51-36)37-13-8-26(4)56(37)46(58)40(25(2)3)53-47(59)61-5/h9-12,19-22,25-28,37-38,40-41H,7-8,13-18,23-24H2,1-6H3,(H,49,51)(H,50,52)(H,53,59)(H,54,60)/t26-,27-,37-,38?,40-,41-/m0/s1. The lowest BCUT2D eigenvalue weighted by Gasteiger charge is -2.34. The number of likely N-dealkylation sites (tertiary alicyclic amines) is 2. The molecule has 6 heterocycles. The molecule has 0 aliphatic carbocycles. The number of ether oxygens (including phenoxy) is 4. The molecule has 2 aromatic heterocycles. The fourth-order valence-corrected chi connectivity index (χ4v) is 10.3. The Morgan fingerprint density at radius 3 is 2.42 bits per heavy atom. The van der Waals surface area contributed by atoms with Crippen molar-refractivity contribution in [3.8, 4) is 28.1 Å². The topological polar surface area (TPSA) is 193 Å². The maximum absolute atomic E-state index is 14.4. The molecule has 64 heavy (non-hydrogen) atoms. The Balaban J connectivity index is 0.970. The van der Waals surface area contributed by atoms with Crippen LogP contribution in [0, 0.1) is 17.8 Å². The number of hydrogen-bond donors (Lipinski definition) is 4. The van der Waals surface area contributed by atoms with Gasteiger partial charge in [-0.3, -0.25) is 9.59 Å². The fraction of sp³-hybridized carbons (Fsp3) is 0.500. The zero-order valence-corrected chi connectivity index (χ0v) is 37.4. The van der Waals surface area contributed by atoms with Crippen LogP contribution < -0.4 is 15.4 Å². The van der Waals surface area contributed by atoms with Gasteiger partial charge in [-0.1, -0.05) is 45.4 Å². The molecule has 3 aromatic carbocycles. The summed E-state index contributed by atoms with van der Waals surface area (Å²) in [4.78, 5) is 73.7. The Hall–Kier alpha value is -6.16. The number of rotatable bonds is 10. The summed E-state index contributed by atoms with van der Waals surface area (Å²) in [6.07, 6.45) is 5.19. The van der Waals surface area contributed by atoms with Crippen LogP contribution in [-0.2, 0) is 30.4 Å². The van der Waals surface area contributed by atoms with Crippen LogP contribution >= 0.6 is 0 Å². The lowest BCUT2D eigenvalue weighted by Crippen LogP contribution is -2.53. The highest BCUT2D eigenvalue weighted by atomic mass is 16.5. The van der Waals surface area contributed by atoms with Crippen molar-refractivity contribution in [1.29, 1.82) is 0 Å². The predicted octanol–water partition coefficient (Wildman–Crippen LogP) is 7.55. The van der Waals surface area contributed by atoms with Crippen molar-refractivity contribution < 1.29 is 38.1 Å². The summed E-state index contributed by atoms with van der Waals surface area (Å²) in [5.41, 5.74) is 6.61. The van der Waals surface area contributed by atoms with E-state index in [0.29, 0.717) is 50.9 Å². The van der Waals surface area contributed by atoms with Crippen molar-refractivity contribution in [3.63, 3.8) is 0 Å². The van der Waals surface area contributed by atoms with Gasteiger partial charge in [0.05, 0.1) is 49.2 Å². The van der Waals surface area contributed by atoms with Crippen molar-refractivity contribution in [1.82, 2.24) is 40.4 Å². The molecule has 4 amide bonds. The Kier molecular flexibility index (Phi) is 12.0. The van der Waals surface area contributed by atoms with E-state index in [1.165, 1.54) is 14.2 Å². The normalized spacial score (nSPS) is 21.9. The molecule has 0 spiro atoms. The minimum absolute atomic E-state index is 0.0180. The van der Waals surface area contributed by atoms with E-state index >= 15 is 0 Å². The summed E-state index contributed by atoms with van der Waals surface area (Å²) in [6.45, 7) is 10.1. The highest BCUT2D eigenvalue weighted by molar-refractivity contribution is 6.07. The summed E-state index contributed by atoms with van der Waals surface area (Å²) in [6, 6.07) is 12.7. The van der Waals surface area contributed by atoms with Crippen molar-refractivity contribution in [2.75, 3.05) is 34.0 Å². The van der Waals surface area contributed by atoms with E-state index in [1.54, 1.807) is 0 Å². The van der Waals surface area contributed by atoms with Gasteiger partial charge >= 0.3 is 12.2 Å². The number of alkyl carbamates (subject to hydrolysis) is 2. The zero-order chi connectivity index (χ0) is 44.8. The largest absolute Gasteiger partial charge is 0.488 e. The number of amides is 4. The van der Waals surface area contributed by atoms with Crippen LogP contribution in [0.3, 0.4) is 0 Å². The first kappa shape index (κ1) is 43.1. The van der Waals surface area contributed by atoms with Gasteiger partial charge in [-0.25, -0.2) is 19.6 Å². The molecule has 0 radical (unpaired) electrons. The molecule has 0 bridgehead atoms. The summed E-state index contributed by atoms with van der Waals surface area (Å²) >= 11 is 0. The third-order valence-electron chi connectivity index (χ3n) is 13.9. The number of imidazole rings is 2. The first-order valence-corrected chi connectivity index (χ1v) is 22.6. The number of nitrogens with one attached hydrogen (secondary N) is 4. The lowest BCUT2D eigenvalue weighted by molar-refractivity contribution is -0.138. The SMILES string of the molecule is CC[C@H]1CC(c2nc3ccc4cc5c(cc4c3[nH]2)OCc2cc(-c3cnc([C@@H]4CC[C@H](C)N4C(=O)[C@@H](NC(=O)OC)C(C)C)[nH]3)ccc2-5)N(C(=O)[C@@H](NC(=O)OC)C2CCOCC2)C1. The Morgan fingerprint density at radius 2 is 1.67 bits per heavy atom. The highest BCUT2D eigenvalue weighted by Gasteiger charge is 2.44. The summed E-state index contributed by atoms with van der Waals surface area (Å²) in [5, 5.41) is 7.60. The second-order valence-corrected chi connectivity index (χ2v) is 18.1. The van der Waals surface area contributed by atoms with Crippen molar-refractivity contribution in [2.24, 2.45) is 17.8 Å². The number of aromatic nitrogens is 4. The maximum Gasteiger partial charge on any atom is 0.407 e. The van der Waals surface area contributed by atoms with Crippen LogP contribution in [0.5, 0.6) is 5.75 Å². The number of methoxy groups -OCH3 is 2. The van der Waals surface area contributed by atoms with E-state index in [-0.39, 0.29) is 41.8 Å². The van der Waals surface area contributed by atoms with Gasteiger partial charge in [0.2, 0.25) is 11.8 Å². The molecule has 1 unspecified atom stereocenters.